The van der Waals surface area contributed by atoms with E-state index in [-0.39, 0.29) is 38.9 Å². The van der Waals surface area contributed by atoms with Gasteiger partial charge in [-0.3, -0.25) is 4.40 Å². The second kappa shape index (κ2) is 12.8. The van der Waals surface area contributed by atoms with Crippen molar-refractivity contribution in [3.63, 3.8) is 0 Å². The molecule has 0 radical (unpaired) electrons. The van der Waals surface area contributed by atoms with E-state index in [0.29, 0.717) is 67.5 Å². The lowest BCUT2D eigenvalue weighted by Gasteiger charge is -2.38. The molecule has 0 amide bonds. The van der Waals surface area contributed by atoms with Crippen LogP contribution in [0.1, 0.15) is 43.7 Å². The number of pyridine rings is 1. The van der Waals surface area contributed by atoms with E-state index in [1.165, 1.54) is 16.4 Å². The lowest BCUT2D eigenvalue weighted by molar-refractivity contribution is 0.150. The van der Waals surface area contributed by atoms with Crippen molar-refractivity contribution in [2.45, 2.75) is 50.1 Å². The number of methoxy groups -OCH3 is 1. The number of benzene rings is 1. The Kier molecular flexibility index (Phi) is 9.13. The first-order valence-corrected chi connectivity index (χ1v) is 17.9. The summed E-state index contributed by atoms with van der Waals surface area (Å²) < 4.78 is 64.3. The Hall–Kier alpha value is -3.49. The normalized spacial score (nSPS) is 16.3. The van der Waals surface area contributed by atoms with Gasteiger partial charge in [0.1, 0.15) is 22.8 Å². The van der Waals surface area contributed by atoms with Gasteiger partial charge in [-0.05, 0) is 54.3 Å². The molecule has 0 spiro atoms. The summed E-state index contributed by atoms with van der Waals surface area (Å²) >= 11 is 13.0. The fourth-order valence-corrected chi connectivity index (χ4v) is 8.54. The number of halogens is 3. The molecule has 4 aromatic rings. The van der Waals surface area contributed by atoms with Crippen molar-refractivity contribution in [3.05, 3.63) is 52.3 Å². The van der Waals surface area contributed by atoms with E-state index in [1.807, 2.05) is 18.7 Å². The van der Waals surface area contributed by atoms with Crippen molar-refractivity contribution in [1.82, 2.24) is 28.8 Å². The molecule has 1 saturated heterocycles. The number of piperazine rings is 1. The molecule has 1 aliphatic carbocycles. The molecule has 1 saturated carbocycles. The van der Waals surface area contributed by atoms with Crippen LogP contribution in [0.4, 0.5) is 14.6 Å². The van der Waals surface area contributed by atoms with Gasteiger partial charge in [0.05, 0.1) is 28.6 Å². The molecule has 6 rings (SSSR count). The van der Waals surface area contributed by atoms with Gasteiger partial charge in [0.15, 0.2) is 10.0 Å². The molecule has 248 valence electrons. The average molecular weight is 721 g/mol. The smallest absolute Gasteiger partial charge is 0.291 e. The fraction of sp³-hybridized carbons (Fsp3) is 0.433. The highest BCUT2D eigenvalue weighted by molar-refractivity contribution is 7.89. The number of thiocarbonyl (C=S) groups is 1. The van der Waals surface area contributed by atoms with Gasteiger partial charge < -0.3 is 14.5 Å². The zero-order valence-electron chi connectivity index (χ0n) is 25.7. The molecule has 0 unspecified atom stereocenters. The Bertz CT molecular complexity index is 1970. The maximum atomic E-state index is 14.7. The number of sulfonamides is 1. The van der Waals surface area contributed by atoms with Crippen molar-refractivity contribution in [2.75, 3.05) is 38.2 Å². The Labute approximate surface area is 285 Å². The van der Waals surface area contributed by atoms with Crippen molar-refractivity contribution >= 4 is 61.5 Å². The summed E-state index contributed by atoms with van der Waals surface area (Å²) in [7, 11) is -2.78. The second-order valence-electron chi connectivity index (χ2n) is 11.7. The third-order valence-electron chi connectivity index (χ3n) is 8.37. The number of hydrogen-bond acceptors (Lipinski definition) is 10. The fourth-order valence-electron chi connectivity index (χ4n) is 5.63. The minimum Gasteiger partial charge on any atom is -0.497 e. The number of ether oxygens (including phenoxy) is 1. The summed E-state index contributed by atoms with van der Waals surface area (Å²) in [5.74, 6) is 1.26. The van der Waals surface area contributed by atoms with Crippen LogP contribution in [0.15, 0.2) is 41.3 Å². The minimum atomic E-state index is -4.32. The molecule has 1 aliphatic heterocycles. The molecule has 2 aliphatic rings. The van der Waals surface area contributed by atoms with Crippen molar-refractivity contribution in [3.8, 4) is 22.5 Å². The number of alkyl halides is 2. The number of fused-ring (bicyclic) bond motifs is 1. The topological polar surface area (TPSA) is 120 Å². The van der Waals surface area contributed by atoms with Gasteiger partial charge in [0.25, 0.3) is 6.43 Å². The molecule has 0 bridgehead atoms. The summed E-state index contributed by atoms with van der Waals surface area (Å²) in [5.41, 5.74) is -0.152. The van der Waals surface area contributed by atoms with Crippen molar-refractivity contribution in [2.24, 2.45) is 5.92 Å². The summed E-state index contributed by atoms with van der Waals surface area (Å²) in [6, 6.07) is 12.2. The van der Waals surface area contributed by atoms with Gasteiger partial charge in [0, 0.05) is 38.6 Å². The van der Waals surface area contributed by atoms with E-state index >= 15 is 0 Å². The lowest BCUT2D eigenvalue weighted by Crippen LogP contribution is -2.49. The van der Waals surface area contributed by atoms with Crippen LogP contribution >= 0.6 is 35.2 Å². The molecule has 0 atom stereocenters. The Morgan fingerprint density at radius 1 is 1.17 bits per heavy atom. The predicted octanol–water partition coefficient (Wildman–Crippen LogP) is 5.80. The molecular formula is C30H31ClF2N8O3S3. The van der Waals surface area contributed by atoms with Gasteiger partial charge in [0.2, 0.25) is 15.3 Å². The number of rotatable bonds is 10. The number of nitriles is 1. The summed E-state index contributed by atoms with van der Waals surface area (Å²) in [6.45, 7) is 6.24. The Morgan fingerprint density at radius 3 is 2.40 bits per heavy atom. The molecule has 3 aromatic heterocycles. The molecular weight excluding hydrogens is 690 g/mol. The van der Waals surface area contributed by atoms with Crippen LogP contribution in [-0.4, -0.2) is 81.0 Å². The third-order valence-corrected chi connectivity index (χ3v) is 12.2. The largest absolute Gasteiger partial charge is 0.497 e. The number of aromatic nitrogens is 4. The van der Waals surface area contributed by atoms with Gasteiger partial charge in [-0.2, -0.15) is 9.57 Å². The van der Waals surface area contributed by atoms with E-state index in [9.17, 15) is 22.5 Å². The van der Waals surface area contributed by atoms with E-state index in [1.54, 1.807) is 35.8 Å². The molecule has 0 N–H and O–H groups in total. The van der Waals surface area contributed by atoms with E-state index < -0.39 is 27.0 Å². The number of imidazole rings is 1. The third kappa shape index (κ3) is 6.27. The van der Waals surface area contributed by atoms with Gasteiger partial charge in [-0.15, -0.1) is 10.2 Å². The van der Waals surface area contributed by atoms with Crippen LogP contribution in [0.25, 0.3) is 16.2 Å². The van der Waals surface area contributed by atoms with Crippen molar-refractivity contribution in [1.29, 1.82) is 5.26 Å². The highest BCUT2D eigenvalue weighted by Gasteiger charge is 2.54. The Morgan fingerprint density at radius 2 is 1.85 bits per heavy atom. The average Bonchev–Trinajstić information content (AvgIpc) is 3.56. The number of anilines is 1. The summed E-state index contributed by atoms with van der Waals surface area (Å²) in [4.78, 5) is 9.33. The first-order chi connectivity index (χ1) is 22.4. The molecule has 17 heteroatoms. The van der Waals surface area contributed by atoms with Crippen LogP contribution in [0.3, 0.4) is 0 Å². The minimum absolute atomic E-state index is 0.00801. The maximum Gasteiger partial charge on any atom is 0.291 e. The van der Waals surface area contributed by atoms with Crippen LogP contribution in [0.2, 0.25) is 5.28 Å². The summed E-state index contributed by atoms with van der Waals surface area (Å²) in [6.07, 6.45) is -2.06. The molecule has 1 aromatic carbocycles. The quantitative estimate of drug-likeness (QED) is 0.186. The van der Waals surface area contributed by atoms with Crippen LogP contribution < -0.4 is 9.64 Å². The predicted molar refractivity (Wildman–Crippen MR) is 179 cm³/mol. The van der Waals surface area contributed by atoms with Gasteiger partial charge in [-0.1, -0.05) is 49.5 Å². The van der Waals surface area contributed by atoms with Gasteiger partial charge >= 0.3 is 0 Å². The standard InChI is InChI=1S/C30H31ClF2N8O3S3/c1-18(2)28(45)39-12-10-38(11-13-39)23-15-21(14-22-24(35-29(31)41(22)23)26-36-37-27(46-26)25(32)33)47(42,43)40(30(17-34)8-9-30)16-19-4-6-20(44-3)7-5-19/h4-7,14-15,18,25H,8-13,16H2,1-3H3. The monoisotopic (exact) mass is 720 g/mol. The Balaban J connectivity index is 1.49. The van der Waals surface area contributed by atoms with Crippen LogP contribution in [-0.2, 0) is 16.6 Å². The number of nitrogens with zero attached hydrogens (tertiary/aromatic N) is 8. The number of hydrogen-bond donors (Lipinski definition) is 0. The lowest BCUT2D eigenvalue weighted by atomic mass is 10.2. The SMILES string of the molecule is COc1ccc(CN(C2(C#N)CC2)S(=O)(=O)c2cc(N3CCN(C(=S)C(C)C)CC3)n3c(Cl)nc(-c4nnc(C(F)F)s4)c3c2)cc1. The van der Waals surface area contributed by atoms with Gasteiger partial charge in [-0.25, -0.2) is 22.2 Å². The van der Waals surface area contributed by atoms with Crippen molar-refractivity contribution < 1.29 is 21.9 Å². The first kappa shape index (κ1) is 33.4. The first-order valence-electron chi connectivity index (χ1n) is 14.8. The molecule has 4 heterocycles. The van der Waals surface area contributed by atoms with Crippen LogP contribution in [0.5, 0.6) is 5.75 Å². The van der Waals surface area contributed by atoms with Crippen LogP contribution in [0, 0.1) is 17.2 Å². The molecule has 2 fully saturated rings. The highest BCUT2D eigenvalue weighted by Crippen LogP contribution is 2.46. The summed E-state index contributed by atoms with van der Waals surface area (Å²) in [5, 5.41) is 17.3. The maximum absolute atomic E-state index is 14.7. The zero-order chi connectivity index (χ0) is 33.7. The second-order valence-corrected chi connectivity index (χ2v) is 15.3. The van der Waals surface area contributed by atoms with E-state index in [2.05, 4.69) is 26.2 Å². The highest BCUT2D eigenvalue weighted by atomic mass is 35.5. The molecule has 47 heavy (non-hydrogen) atoms. The van der Waals surface area contributed by atoms with E-state index in [0.717, 1.165) is 4.99 Å². The zero-order valence-corrected chi connectivity index (χ0v) is 28.9. The molecule has 11 nitrogen and oxygen atoms in total. The van der Waals surface area contributed by atoms with E-state index in [4.69, 9.17) is 28.6 Å².